The number of hydrogen-bond donors (Lipinski definition) is 2. The highest BCUT2D eigenvalue weighted by Gasteiger charge is 2.30. The Hall–Kier alpha value is -1.44. The van der Waals surface area contributed by atoms with Crippen LogP contribution in [0.1, 0.15) is 49.1 Å². The van der Waals surface area contributed by atoms with Gasteiger partial charge in [-0.05, 0) is 31.7 Å². The molecule has 1 saturated carbocycles. The van der Waals surface area contributed by atoms with Gasteiger partial charge in [0, 0.05) is 37.1 Å². The summed E-state index contributed by atoms with van der Waals surface area (Å²) in [6.45, 7) is 6.79. The van der Waals surface area contributed by atoms with Gasteiger partial charge in [-0.15, -0.1) is 11.3 Å². The molecule has 0 radical (unpaired) electrons. The maximum atomic E-state index is 12.9. The van der Waals surface area contributed by atoms with E-state index in [1.165, 1.54) is 4.57 Å². The molecule has 1 fully saturated rings. The Labute approximate surface area is 145 Å². The molecule has 2 aromatic rings. The third-order valence-corrected chi connectivity index (χ3v) is 5.91. The zero-order chi connectivity index (χ0) is 17.3. The molecule has 0 amide bonds. The monoisotopic (exact) mass is 350 g/mol. The van der Waals surface area contributed by atoms with Crippen molar-refractivity contribution in [1.29, 1.82) is 0 Å². The minimum absolute atomic E-state index is 0.0976. The van der Waals surface area contributed by atoms with Crippen LogP contribution in [-0.2, 0) is 13.1 Å². The van der Waals surface area contributed by atoms with Gasteiger partial charge in [0.15, 0.2) is 0 Å². The van der Waals surface area contributed by atoms with Crippen molar-refractivity contribution in [2.45, 2.75) is 58.7 Å². The van der Waals surface area contributed by atoms with Crippen molar-refractivity contribution in [2.75, 3.05) is 13.1 Å². The number of nitrogens with zero attached hydrogens (tertiary/aromatic N) is 2. The predicted octanol–water partition coefficient (Wildman–Crippen LogP) is 1.72. The van der Waals surface area contributed by atoms with Gasteiger partial charge >= 0.3 is 5.69 Å². The Morgan fingerprint density at radius 1 is 1.33 bits per heavy atom. The Bertz CT molecular complexity index is 845. The molecule has 2 heterocycles. The van der Waals surface area contributed by atoms with Crippen LogP contribution < -0.4 is 22.3 Å². The van der Waals surface area contributed by atoms with Crippen LogP contribution in [0, 0.1) is 6.92 Å². The lowest BCUT2D eigenvalue weighted by Crippen LogP contribution is -2.39. The predicted molar refractivity (Wildman–Crippen MR) is 99.0 cm³/mol. The zero-order valence-corrected chi connectivity index (χ0v) is 15.2. The second-order valence-electron chi connectivity index (χ2n) is 6.49. The van der Waals surface area contributed by atoms with Crippen LogP contribution in [0.5, 0.6) is 0 Å². The van der Waals surface area contributed by atoms with Gasteiger partial charge in [0.05, 0.1) is 5.39 Å². The Kier molecular flexibility index (Phi) is 5.22. The van der Waals surface area contributed by atoms with Crippen molar-refractivity contribution in [3.63, 3.8) is 0 Å². The van der Waals surface area contributed by atoms with Crippen LogP contribution in [0.2, 0.25) is 0 Å². The molecule has 1 aliphatic carbocycles. The molecule has 2 aromatic heterocycles. The molecule has 0 aliphatic heterocycles. The van der Waals surface area contributed by atoms with Gasteiger partial charge in [-0.25, -0.2) is 4.79 Å². The average Bonchev–Trinajstić information content (AvgIpc) is 3.33. The average molecular weight is 350 g/mol. The Morgan fingerprint density at radius 3 is 2.71 bits per heavy atom. The van der Waals surface area contributed by atoms with Gasteiger partial charge < -0.3 is 11.1 Å². The number of hydrogen-bond acceptors (Lipinski definition) is 5. The molecule has 0 unspecified atom stereocenters. The second kappa shape index (κ2) is 7.21. The van der Waals surface area contributed by atoms with E-state index in [0.29, 0.717) is 19.6 Å². The first-order valence-electron chi connectivity index (χ1n) is 8.78. The lowest BCUT2D eigenvalue weighted by Gasteiger charge is -2.11. The summed E-state index contributed by atoms with van der Waals surface area (Å²) in [5.41, 5.74) is 6.29. The standard InChI is InChI=1S/C17H26N4O2S/c1-3-4-9-20-16-14(11(2)13(24-16)10-19-8-7-18)15(22)21(17(20)23)12-5-6-12/h12,19H,3-10,18H2,1-2H3. The summed E-state index contributed by atoms with van der Waals surface area (Å²) >= 11 is 1.57. The van der Waals surface area contributed by atoms with Crippen LogP contribution >= 0.6 is 11.3 Å². The van der Waals surface area contributed by atoms with Gasteiger partial charge in [-0.3, -0.25) is 13.9 Å². The molecule has 3 N–H and O–H groups in total. The molecule has 24 heavy (non-hydrogen) atoms. The molecule has 0 aromatic carbocycles. The highest BCUT2D eigenvalue weighted by atomic mass is 32.1. The van der Waals surface area contributed by atoms with E-state index in [-0.39, 0.29) is 17.3 Å². The minimum atomic E-state index is -0.133. The van der Waals surface area contributed by atoms with Crippen molar-refractivity contribution in [3.05, 3.63) is 31.3 Å². The third-order valence-electron chi connectivity index (χ3n) is 4.60. The van der Waals surface area contributed by atoms with Crippen LogP contribution in [0.25, 0.3) is 10.2 Å². The molecule has 3 rings (SSSR count). The van der Waals surface area contributed by atoms with E-state index in [0.717, 1.165) is 52.9 Å². The number of unbranched alkanes of at least 4 members (excludes halogenated alkanes) is 1. The number of aryl methyl sites for hydroxylation is 2. The molecule has 1 aliphatic rings. The van der Waals surface area contributed by atoms with E-state index in [4.69, 9.17) is 5.73 Å². The van der Waals surface area contributed by atoms with Gasteiger partial charge in [0.2, 0.25) is 0 Å². The maximum absolute atomic E-state index is 12.9. The van der Waals surface area contributed by atoms with E-state index in [2.05, 4.69) is 12.2 Å². The topological polar surface area (TPSA) is 82.0 Å². The summed E-state index contributed by atoms with van der Waals surface area (Å²) in [7, 11) is 0. The summed E-state index contributed by atoms with van der Waals surface area (Å²) in [6, 6.07) is 0.0976. The summed E-state index contributed by atoms with van der Waals surface area (Å²) < 4.78 is 3.32. The highest BCUT2D eigenvalue weighted by molar-refractivity contribution is 7.18. The fourth-order valence-corrected chi connectivity index (χ4v) is 4.34. The van der Waals surface area contributed by atoms with Crippen molar-refractivity contribution < 1.29 is 0 Å². The maximum Gasteiger partial charge on any atom is 0.332 e. The van der Waals surface area contributed by atoms with E-state index in [1.54, 1.807) is 11.3 Å². The number of nitrogens with one attached hydrogen (secondary N) is 1. The molecule has 0 bridgehead atoms. The number of nitrogens with two attached hydrogens (primary N) is 1. The van der Waals surface area contributed by atoms with Gasteiger partial charge in [0.25, 0.3) is 5.56 Å². The quantitative estimate of drug-likeness (QED) is 0.710. The van der Waals surface area contributed by atoms with E-state index < -0.39 is 0 Å². The lowest BCUT2D eigenvalue weighted by molar-refractivity contribution is 0.561. The fraction of sp³-hybridized carbons (Fsp3) is 0.647. The summed E-state index contributed by atoms with van der Waals surface area (Å²) in [6.07, 6.45) is 3.83. The number of thiophene rings is 1. The van der Waals surface area contributed by atoms with Gasteiger partial charge in [0.1, 0.15) is 4.83 Å². The first-order chi connectivity index (χ1) is 11.6. The Morgan fingerprint density at radius 2 is 2.08 bits per heavy atom. The molecular formula is C17H26N4O2S. The fourth-order valence-electron chi connectivity index (χ4n) is 3.05. The van der Waals surface area contributed by atoms with E-state index in [1.807, 2.05) is 11.5 Å². The van der Waals surface area contributed by atoms with E-state index >= 15 is 0 Å². The molecule has 0 spiro atoms. The van der Waals surface area contributed by atoms with Crippen LogP contribution in [0.15, 0.2) is 9.59 Å². The highest BCUT2D eigenvalue weighted by Crippen LogP contribution is 2.34. The number of aromatic nitrogens is 2. The summed E-state index contributed by atoms with van der Waals surface area (Å²) in [5, 5.41) is 4.02. The van der Waals surface area contributed by atoms with Crippen LogP contribution in [-0.4, -0.2) is 22.2 Å². The minimum Gasteiger partial charge on any atom is -0.329 e. The molecule has 0 saturated heterocycles. The number of rotatable bonds is 8. The van der Waals surface area contributed by atoms with Gasteiger partial charge in [-0.2, -0.15) is 0 Å². The summed E-state index contributed by atoms with van der Waals surface area (Å²) in [4.78, 5) is 27.8. The smallest absolute Gasteiger partial charge is 0.329 e. The van der Waals surface area contributed by atoms with Gasteiger partial charge in [-0.1, -0.05) is 13.3 Å². The van der Waals surface area contributed by atoms with Crippen molar-refractivity contribution in [2.24, 2.45) is 5.73 Å². The normalized spacial score (nSPS) is 14.6. The number of fused-ring (bicyclic) bond motifs is 1. The van der Waals surface area contributed by atoms with Crippen molar-refractivity contribution in [3.8, 4) is 0 Å². The molecule has 0 atom stereocenters. The first-order valence-corrected chi connectivity index (χ1v) is 9.59. The third kappa shape index (κ3) is 3.08. The van der Waals surface area contributed by atoms with Crippen molar-refractivity contribution >= 4 is 21.6 Å². The molecule has 7 heteroatoms. The molecule has 132 valence electrons. The first kappa shape index (κ1) is 17.4. The van der Waals surface area contributed by atoms with Crippen molar-refractivity contribution in [1.82, 2.24) is 14.5 Å². The molecular weight excluding hydrogens is 324 g/mol. The van der Waals surface area contributed by atoms with Crippen LogP contribution in [0.3, 0.4) is 0 Å². The largest absolute Gasteiger partial charge is 0.332 e. The SMILES string of the molecule is CCCCn1c(=O)n(C2CC2)c(=O)c2c(C)c(CNCCN)sc21. The summed E-state index contributed by atoms with van der Waals surface area (Å²) in [5.74, 6) is 0. The molecule has 6 nitrogen and oxygen atoms in total. The second-order valence-corrected chi connectivity index (χ2v) is 7.57. The zero-order valence-electron chi connectivity index (χ0n) is 14.4. The van der Waals surface area contributed by atoms with E-state index in [9.17, 15) is 9.59 Å². The Balaban J connectivity index is 2.17. The van der Waals surface area contributed by atoms with Crippen LogP contribution in [0.4, 0.5) is 0 Å². The lowest BCUT2D eigenvalue weighted by atomic mass is 10.2.